The van der Waals surface area contributed by atoms with E-state index in [9.17, 15) is 4.79 Å². The molecular weight excluding hydrogens is 242 g/mol. The molecule has 1 heterocycles. The molecule has 0 aliphatic carbocycles. The highest BCUT2D eigenvalue weighted by Crippen LogP contribution is 2.21. The minimum atomic E-state index is -0.490. The average molecular weight is 259 g/mol. The molecule has 2 aromatic rings. The van der Waals surface area contributed by atoms with Gasteiger partial charge in [0.25, 0.3) is 0 Å². The van der Waals surface area contributed by atoms with Crippen molar-refractivity contribution in [2.24, 2.45) is 0 Å². The van der Waals surface area contributed by atoms with E-state index in [1.807, 2.05) is 39.0 Å². The van der Waals surface area contributed by atoms with Gasteiger partial charge in [0.2, 0.25) is 0 Å². The van der Waals surface area contributed by atoms with E-state index in [2.05, 4.69) is 9.97 Å². The van der Waals surface area contributed by atoms with Crippen LogP contribution in [0, 0.1) is 0 Å². The number of carbonyl (C=O) groups excluding carboxylic acids is 1. The van der Waals surface area contributed by atoms with E-state index in [0.29, 0.717) is 11.3 Å². The summed E-state index contributed by atoms with van der Waals surface area (Å²) in [5.74, 6) is 0.133. The second-order valence-corrected chi connectivity index (χ2v) is 5.34. The van der Waals surface area contributed by atoms with Crippen LogP contribution in [0.25, 0.3) is 10.9 Å². The fraction of sp³-hybridized carbons (Fsp3) is 0.357. The van der Waals surface area contributed by atoms with Gasteiger partial charge < -0.3 is 10.5 Å². The normalized spacial score (nSPS) is 11.5. The molecule has 0 aliphatic rings. The lowest BCUT2D eigenvalue weighted by atomic mass is 10.1. The third-order valence-electron chi connectivity index (χ3n) is 2.53. The Labute approximate surface area is 111 Å². The first-order chi connectivity index (χ1) is 8.87. The number of hydrogen-bond acceptors (Lipinski definition) is 5. The molecule has 5 nitrogen and oxygen atoms in total. The summed E-state index contributed by atoms with van der Waals surface area (Å²) in [6.07, 6.45) is 1.57. The topological polar surface area (TPSA) is 78.1 Å². The molecule has 0 amide bonds. The van der Waals surface area contributed by atoms with Gasteiger partial charge in [0.1, 0.15) is 17.7 Å². The monoisotopic (exact) mass is 259 g/mol. The largest absolute Gasteiger partial charge is 0.460 e. The first kappa shape index (κ1) is 13.3. The van der Waals surface area contributed by atoms with Crippen molar-refractivity contribution in [3.05, 3.63) is 30.1 Å². The Hall–Kier alpha value is -2.17. The molecule has 5 heteroatoms. The standard InChI is InChI=1S/C14H17N3O2/c1-14(2,3)19-11(18)7-9-5-4-6-10-12(9)16-8-17-13(10)15/h4-6,8H,7H2,1-3H3,(H2,15,16,17). The summed E-state index contributed by atoms with van der Waals surface area (Å²) in [5.41, 5.74) is 6.79. The maximum atomic E-state index is 11.9. The van der Waals surface area contributed by atoms with Crippen molar-refractivity contribution >= 4 is 22.7 Å². The minimum Gasteiger partial charge on any atom is -0.460 e. The quantitative estimate of drug-likeness (QED) is 0.835. The van der Waals surface area contributed by atoms with Crippen LogP contribution in [0.4, 0.5) is 5.82 Å². The lowest BCUT2D eigenvalue weighted by molar-refractivity contribution is -0.153. The number of ether oxygens (including phenoxy) is 1. The second kappa shape index (κ2) is 4.84. The summed E-state index contributed by atoms with van der Waals surface area (Å²) in [7, 11) is 0. The smallest absolute Gasteiger partial charge is 0.310 e. The first-order valence-electron chi connectivity index (χ1n) is 6.07. The van der Waals surface area contributed by atoms with Crippen molar-refractivity contribution in [2.75, 3.05) is 5.73 Å². The number of esters is 1. The van der Waals surface area contributed by atoms with Crippen molar-refractivity contribution in [2.45, 2.75) is 32.8 Å². The van der Waals surface area contributed by atoms with Gasteiger partial charge in [-0.05, 0) is 32.4 Å². The van der Waals surface area contributed by atoms with E-state index >= 15 is 0 Å². The number of benzene rings is 1. The Morgan fingerprint density at radius 1 is 1.32 bits per heavy atom. The number of nitrogens with zero attached hydrogens (tertiary/aromatic N) is 2. The Kier molecular flexibility index (Phi) is 3.38. The van der Waals surface area contributed by atoms with E-state index in [1.165, 1.54) is 6.33 Å². The van der Waals surface area contributed by atoms with Crippen LogP contribution in [-0.4, -0.2) is 21.5 Å². The van der Waals surface area contributed by atoms with Gasteiger partial charge in [-0.1, -0.05) is 12.1 Å². The number of hydrogen-bond donors (Lipinski definition) is 1. The van der Waals surface area contributed by atoms with Gasteiger partial charge in [0.05, 0.1) is 11.9 Å². The highest BCUT2D eigenvalue weighted by atomic mass is 16.6. The Morgan fingerprint density at radius 2 is 2.05 bits per heavy atom. The van der Waals surface area contributed by atoms with Gasteiger partial charge in [-0.15, -0.1) is 0 Å². The van der Waals surface area contributed by atoms with Gasteiger partial charge >= 0.3 is 5.97 Å². The van der Waals surface area contributed by atoms with Gasteiger partial charge in [-0.2, -0.15) is 0 Å². The van der Waals surface area contributed by atoms with Crippen LogP contribution in [0.2, 0.25) is 0 Å². The van der Waals surface area contributed by atoms with Crippen molar-refractivity contribution in [1.29, 1.82) is 0 Å². The van der Waals surface area contributed by atoms with Crippen molar-refractivity contribution in [1.82, 2.24) is 9.97 Å². The molecule has 19 heavy (non-hydrogen) atoms. The van der Waals surface area contributed by atoms with Crippen molar-refractivity contribution in [3.8, 4) is 0 Å². The van der Waals surface area contributed by atoms with E-state index in [4.69, 9.17) is 10.5 Å². The first-order valence-corrected chi connectivity index (χ1v) is 6.07. The zero-order valence-corrected chi connectivity index (χ0v) is 11.3. The predicted molar refractivity (Wildman–Crippen MR) is 73.5 cm³/mol. The molecule has 0 aliphatic heterocycles. The zero-order chi connectivity index (χ0) is 14.0. The number of aromatic nitrogens is 2. The number of fused-ring (bicyclic) bond motifs is 1. The second-order valence-electron chi connectivity index (χ2n) is 5.34. The molecule has 0 unspecified atom stereocenters. The van der Waals surface area contributed by atoms with Gasteiger partial charge in [0.15, 0.2) is 0 Å². The highest BCUT2D eigenvalue weighted by Gasteiger charge is 2.17. The molecule has 1 aromatic carbocycles. The fourth-order valence-corrected chi connectivity index (χ4v) is 1.84. The molecule has 0 spiro atoms. The van der Waals surface area contributed by atoms with E-state index in [0.717, 1.165) is 10.9 Å². The Bertz CT molecular complexity index is 618. The van der Waals surface area contributed by atoms with Gasteiger partial charge in [0, 0.05) is 5.39 Å². The van der Waals surface area contributed by atoms with Gasteiger partial charge in [-0.25, -0.2) is 9.97 Å². The van der Waals surface area contributed by atoms with Crippen molar-refractivity contribution in [3.63, 3.8) is 0 Å². The SMILES string of the molecule is CC(C)(C)OC(=O)Cc1cccc2c(N)ncnc12. The van der Waals surface area contributed by atoms with Crippen LogP contribution in [-0.2, 0) is 16.0 Å². The maximum absolute atomic E-state index is 11.9. The molecule has 0 bridgehead atoms. The van der Waals surface area contributed by atoms with Crippen LogP contribution in [0.5, 0.6) is 0 Å². The minimum absolute atomic E-state index is 0.172. The third kappa shape index (κ3) is 3.19. The summed E-state index contributed by atoms with van der Waals surface area (Å²) in [5, 5.41) is 0.753. The summed E-state index contributed by atoms with van der Waals surface area (Å²) in [4.78, 5) is 20.0. The number of nitrogen functional groups attached to an aromatic ring is 1. The molecule has 100 valence electrons. The van der Waals surface area contributed by atoms with Crippen LogP contribution < -0.4 is 5.73 Å². The summed E-state index contributed by atoms with van der Waals surface area (Å²) in [6.45, 7) is 5.52. The average Bonchev–Trinajstić information content (AvgIpc) is 2.28. The lowest BCUT2D eigenvalue weighted by Gasteiger charge is -2.19. The number of nitrogens with two attached hydrogens (primary N) is 1. The predicted octanol–water partition coefficient (Wildman–Crippen LogP) is 2.10. The highest BCUT2D eigenvalue weighted by molar-refractivity contribution is 5.92. The van der Waals surface area contributed by atoms with E-state index in [1.54, 1.807) is 0 Å². The maximum Gasteiger partial charge on any atom is 0.310 e. The Morgan fingerprint density at radius 3 is 2.74 bits per heavy atom. The zero-order valence-electron chi connectivity index (χ0n) is 11.3. The molecule has 2 N–H and O–H groups in total. The van der Waals surface area contributed by atoms with Crippen molar-refractivity contribution < 1.29 is 9.53 Å². The third-order valence-corrected chi connectivity index (χ3v) is 2.53. The number of rotatable bonds is 2. The van der Waals surface area contributed by atoms with Crippen LogP contribution >= 0.6 is 0 Å². The number of carbonyl (C=O) groups is 1. The molecule has 0 fully saturated rings. The number of para-hydroxylation sites is 1. The van der Waals surface area contributed by atoms with E-state index < -0.39 is 5.60 Å². The van der Waals surface area contributed by atoms with E-state index in [-0.39, 0.29) is 12.4 Å². The molecule has 0 atom stereocenters. The molecule has 0 radical (unpaired) electrons. The summed E-state index contributed by atoms with van der Waals surface area (Å²) >= 11 is 0. The molecule has 2 rings (SSSR count). The fourth-order valence-electron chi connectivity index (χ4n) is 1.84. The molecular formula is C14H17N3O2. The van der Waals surface area contributed by atoms with Crippen LogP contribution in [0.3, 0.4) is 0 Å². The molecule has 1 aromatic heterocycles. The summed E-state index contributed by atoms with van der Waals surface area (Å²) < 4.78 is 5.31. The van der Waals surface area contributed by atoms with Gasteiger partial charge in [-0.3, -0.25) is 4.79 Å². The molecule has 0 saturated heterocycles. The number of anilines is 1. The van der Waals surface area contributed by atoms with Crippen LogP contribution in [0.15, 0.2) is 24.5 Å². The molecule has 0 saturated carbocycles. The van der Waals surface area contributed by atoms with Crippen LogP contribution in [0.1, 0.15) is 26.3 Å². The lowest BCUT2D eigenvalue weighted by Crippen LogP contribution is -2.25. The summed E-state index contributed by atoms with van der Waals surface area (Å²) in [6, 6.07) is 5.52. The Balaban J connectivity index is 2.31.